The number of carbonyl (C=O) groups is 1. The van der Waals surface area contributed by atoms with Gasteiger partial charge in [-0.05, 0) is 18.6 Å². The number of nitrogens with one attached hydrogen (secondary N) is 1. The number of hydrogen-bond donors (Lipinski definition) is 1. The topological polar surface area (TPSA) is 85.4 Å². The number of thiazole rings is 1. The number of sulfonamides is 1. The van der Waals surface area contributed by atoms with Crippen LogP contribution in [-0.4, -0.2) is 26.0 Å². The highest BCUT2D eigenvalue weighted by molar-refractivity contribution is 7.92. The largest absolute Gasteiger partial charge is 0.461 e. The quantitative estimate of drug-likeness (QED) is 0.704. The van der Waals surface area contributed by atoms with Crippen LogP contribution < -0.4 is 4.72 Å². The van der Waals surface area contributed by atoms with Crippen LogP contribution in [0.25, 0.3) is 0 Å². The van der Waals surface area contributed by atoms with Gasteiger partial charge in [-0.1, -0.05) is 41.1 Å². The molecule has 1 heterocycles. The molecule has 0 bridgehead atoms. The van der Waals surface area contributed by atoms with Gasteiger partial charge in [0.25, 0.3) is 0 Å². The Labute approximate surface area is 156 Å². The van der Waals surface area contributed by atoms with E-state index in [-0.39, 0.29) is 28.5 Å². The number of esters is 1. The van der Waals surface area contributed by atoms with Crippen LogP contribution in [0.3, 0.4) is 0 Å². The highest BCUT2D eigenvalue weighted by atomic mass is 35.5. The third kappa shape index (κ3) is 5.08. The predicted molar refractivity (Wildman–Crippen MR) is 90.8 cm³/mol. The van der Waals surface area contributed by atoms with E-state index < -0.39 is 43.6 Å². The smallest absolute Gasteiger partial charge is 0.443 e. The first-order valence-corrected chi connectivity index (χ1v) is 9.87. The van der Waals surface area contributed by atoms with Gasteiger partial charge >= 0.3 is 12.1 Å². The van der Waals surface area contributed by atoms with Crippen LogP contribution in [0.5, 0.6) is 0 Å². The van der Waals surface area contributed by atoms with Crippen molar-refractivity contribution < 1.29 is 31.1 Å². The van der Waals surface area contributed by atoms with E-state index in [1.807, 2.05) is 4.72 Å². The second kappa shape index (κ2) is 7.80. The Hall–Kier alpha value is -1.85. The van der Waals surface area contributed by atoms with E-state index in [2.05, 4.69) is 9.72 Å². The molecular formula is C14H12ClF3N2O4S2. The molecule has 0 amide bonds. The third-order valence-corrected chi connectivity index (χ3v) is 5.61. The van der Waals surface area contributed by atoms with Crippen molar-refractivity contribution in [1.29, 1.82) is 0 Å². The van der Waals surface area contributed by atoms with Crippen molar-refractivity contribution in [3.05, 3.63) is 45.6 Å². The van der Waals surface area contributed by atoms with E-state index in [9.17, 15) is 26.4 Å². The summed E-state index contributed by atoms with van der Waals surface area (Å²) in [5, 5.41) is -1.75. The number of nitrogens with zero attached hydrogens (tertiary/aromatic N) is 1. The standard InChI is InChI=1S/C14H12ClF3N2O4S2/c1-2-24-12(21)10-11(25-13(19-10)14(16,17)18)20-26(22,23)7-8-5-3-4-6-9(8)15/h3-6,20H,2,7H2,1H3. The maximum atomic E-state index is 12.9. The van der Waals surface area contributed by atoms with Gasteiger partial charge in [-0.15, -0.1) is 0 Å². The lowest BCUT2D eigenvalue weighted by atomic mass is 10.2. The molecule has 0 aliphatic heterocycles. The van der Waals surface area contributed by atoms with Gasteiger partial charge in [0, 0.05) is 5.02 Å². The van der Waals surface area contributed by atoms with Crippen molar-refractivity contribution in [2.75, 3.05) is 11.3 Å². The fourth-order valence-corrected chi connectivity index (χ4v) is 4.46. The Morgan fingerprint density at radius 3 is 2.58 bits per heavy atom. The molecular weight excluding hydrogens is 417 g/mol. The van der Waals surface area contributed by atoms with E-state index >= 15 is 0 Å². The molecule has 0 radical (unpaired) electrons. The van der Waals surface area contributed by atoms with Gasteiger partial charge in [-0.2, -0.15) is 13.2 Å². The molecule has 0 unspecified atom stereocenters. The summed E-state index contributed by atoms with van der Waals surface area (Å²) >= 11 is 5.90. The zero-order valence-electron chi connectivity index (χ0n) is 13.1. The van der Waals surface area contributed by atoms with E-state index in [0.29, 0.717) is 0 Å². The summed E-state index contributed by atoms with van der Waals surface area (Å²) in [6.07, 6.45) is -4.83. The Morgan fingerprint density at radius 2 is 2.00 bits per heavy atom. The molecule has 2 rings (SSSR count). The van der Waals surface area contributed by atoms with Crippen molar-refractivity contribution in [2.24, 2.45) is 0 Å². The number of ether oxygens (including phenoxy) is 1. The first-order chi connectivity index (χ1) is 12.0. The van der Waals surface area contributed by atoms with Crippen molar-refractivity contribution in [1.82, 2.24) is 4.98 Å². The lowest BCUT2D eigenvalue weighted by Gasteiger charge is -2.08. The number of hydrogen-bond acceptors (Lipinski definition) is 6. The molecule has 142 valence electrons. The molecule has 12 heteroatoms. The van der Waals surface area contributed by atoms with Gasteiger partial charge in [-0.3, -0.25) is 4.72 Å². The number of aromatic nitrogens is 1. The second-order valence-corrected chi connectivity index (χ2v) is 8.00. The normalized spacial score (nSPS) is 12.0. The predicted octanol–water partition coefficient (Wildman–Crippen LogP) is 3.93. The van der Waals surface area contributed by atoms with Crippen LogP contribution in [0.1, 0.15) is 28.0 Å². The highest BCUT2D eigenvalue weighted by Gasteiger charge is 2.38. The van der Waals surface area contributed by atoms with Crippen molar-refractivity contribution in [3.8, 4) is 0 Å². The van der Waals surface area contributed by atoms with Crippen LogP contribution in [0.15, 0.2) is 24.3 Å². The molecule has 2 aromatic rings. The zero-order valence-corrected chi connectivity index (χ0v) is 15.5. The van der Waals surface area contributed by atoms with Gasteiger partial charge in [0.15, 0.2) is 5.69 Å². The van der Waals surface area contributed by atoms with E-state index in [4.69, 9.17) is 11.6 Å². The van der Waals surface area contributed by atoms with Gasteiger partial charge in [0.1, 0.15) is 5.00 Å². The molecule has 1 aromatic carbocycles. The summed E-state index contributed by atoms with van der Waals surface area (Å²) in [4.78, 5) is 15.0. The van der Waals surface area contributed by atoms with E-state index in [0.717, 1.165) is 0 Å². The monoisotopic (exact) mass is 428 g/mol. The minimum absolute atomic E-state index is 0.00205. The molecule has 0 aliphatic rings. The Morgan fingerprint density at radius 1 is 1.35 bits per heavy atom. The number of rotatable bonds is 6. The lowest BCUT2D eigenvalue weighted by molar-refractivity contribution is -0.137. The first-order valence-electron chi connectivity index (χ1n) is 7.02. The summed E-state index contributed by atoms with van der Waals surface area (Å²) < 4.78 is 69.8. The minimum Gasteiger partial charge on any atom is -0.461 e. The summed E-state index contributed by atoms with van der Waals surface area (Å²) in [7, 11) is -4.15. The second-order valence-electron chi connectivity index (χ2n) is 4.87. The summed E-state index contributed by atoms with van der Waals surface area (Å²) in [5.41, 5.74) is -0.494. The molecule has 26 heavy (non-hydrogen) atoms. The number of anilines is 1. The maximum absolute atomic E-state index is 12.9. The van der Waals surface area contributed by atoms with Gasteiger partial charge in [0.2, 0.25) is 15.0 Å². The molecule has 0 saturated carbocycles. The van der Waals surface area contributed by atoms with Crippen molar-refractivity contribution in [3.63, 3.8) is 0 Å². The highest BCUT2D eigenvalue weighted by Crippen LogP contribution is 2.37. The first kappa shape index (κ1) is 20.5. The third-order valence-electron chi connectivity index (χ3n) is 2.89. The van der Waals surface area contributed by atoms with E-state index in [1.54, 1.807) is 12.1 Å². The van der Waals surface area contributed by atoms with Gasteiger partial charge in [-0.25, -0.2) is 18.2 Å². The SMILES string of the molecule is CCOC(=O)c1nc(C(F)(F)F)sc1NS(=O)(=O)Cc1ccccc1Cl. The van der Waals surface area contributed by atoms with Crippen LogP contribution in [0, 0.1) is 0 Å². The Balaban J connectivity index is 2.36. The molecule has 0 aliphatic carbocycles. The number of halogens is 4. The molecule has 0 spiro atoms. The Bertz CT molecular complexity index is 913. The number of benzene rings is 1. The summed E-state index contributed by atoms with van der Waals surface area (Å²) in [6, 6.07) is 6.10. The molecule has 1 aromatic heterocycles. The van der Waals surface area contributed by atoms with Crippen LogP contribution in [-0.2, 0) is 26.7 Å². The van der Waals surface area contributed by atoms with Crippen LogP contribution in [0.2, 0.25) is 5.02 Å². The fraction of sp³-hybridized carbons (Fsp3) is 0.286. The van der Waals surface area contributed by atoms with Crippen LogP contribution >= 0.6 is 22.9 Å². The average Bonchev–Trinajstić information content (AvgIpc) is 2.93. The maximum Gasteiger partial charge on any atom is 0.443 e. The zero-order chi connectivity index (χ0) is 19.5. The molecule has 1 N–H and O–H groups in total. The minimum atomic E-state index is -4.83. The van der Waals surface area contributed by atoms with Gasteiger partial charge < -0.3 is 4.74 Å². The average molecular weight is 429 g/mol. The molecule has 0 saturated heterocycles. The van der Waals surface area contributed by atoms with Crippen molar-refractivity contribution in [2.45, 2.75) is 18.9 Å². The molecule has 6 nitrogen and oxygen atoms in total. The number of alkyl halides is 3. The van der Waals surface area contributed by atoms with Crippen molar-refractivity contribution >= 4 is 43.9 Å². The lowest BCUT2D eigenvalue weighted by Crippen LogP contribution is -2.17. The Kier molecular flexibility index (Phi) is 6.14. The summed E-state index contributed by atoms with van der Waals surface area (Å²) in [5.74, 6) is -1.75. The number of carbonyl (C=O) groups excluding carboxylic acids is 1. The molecule has 0 atom stereocenters. The molecule has 0 fully saturated rings. The van der Waals surface area contributed by atoms with Crippen LogP contribution in [0.4, 0.5) is 18.2 Å². The van der Waals surface area contributed by atoms with E-state index in [1.165, 1.54) is 19.1 Å². The van der Waals surface area contributed by atoms with Gasteiger partial charge in [0.05, 0.1) is 12.4 Å². The summed E-state index contributed by atoms with van der Waals surface area (Å²) in [6.45, 7) is 1.35. The fourth-order valence-electron chi connectivity index (χ4n) is 1.85.